The monoisotopic (exact) mass is 381 g/mol. The van der Waals surface area contributed by atoms with Gasteiger partial charge in [-0.05, 0) is 35.7 Å². The largest absolute Gasteiger partial charge is 0.497 e. The van der Waals surface area contributed by atoms with E-state index >= 15 is 0 Å². The third kappa shape index (κ3) is 5.26. The number of fused-ring (bicyclic) bond motifs is 1. The van der Waals surface area contributed by atoms with Crippen molar-refractivity contribution in [3.8, 4) is 5.75 Å². The molecule has 3 rings (SSSR count). The van der Waals surface area contributed by atoms with Gasteiger partial charge in [0.25, 0.3) is 0 Å². The number of hydrogen-bond acceptors (Lipinski definition) is 4. The second-order valence-corrected chi connectivity index (χ2v) is 6.24. The first kappa shape index (κ1) is 19.3. The van der Waals surface area contributed by atoms with Gasteiger partial charge in [-0.15, -0.1) is 0 Å². The molecule has 1 heterocycles. The molecule has 0 saturated heterocycles. The number of carbonyl (C=O) groups is 2. The van der Waals surface area contributed by atoms with E-state index in [1.165, 1.54) is 0 Å². The number of carbonyl (C=O) groups excluding carboxylic acids is 2. The van der Waals surface area contributed by atoms with E-state index < -0.39 is 6.09 Å². The number of amides is 2. The standard InChI is InChI=1S/C21H23N3O4/c1-27-17-7-8-19-18(11-17)16(12-23-19)9-10-22-20(25)13-24-21(26)28-14-15-5-3-2-4-6-15/h2-8,11-12,23H,9-10,13-14H2,1H3,(H,22,25)(H,24,26). The van der Waals surface area contributed by atoms with Crippen LogP contribution < -0.4 is 15.4 Å². The minimum Gasteiger partial charge on any atom is -0.497 e. The van der Waals surface area contributed by atoms with Gasteiger partial charge in [0, 0.05) is 23.6 Å². The minimum absolute atomic E-state index is 0.130. The summed E-state index contributed by atoms with van der Waals surface area (Å²) in [5, 5.41) is 6.30. The summed E-state index contributed by atoms with van der Waals surface area (Å²) in [6, 6.07) is 15.2. The SMILES string of the molecule is COc1ccc2[nH]cc(CCNC(=O)CNC(=O)OCc3ccccc3)c2c1. The molecule has 0 aliphatic carbocycles. The highest BCUT2D eigenvalue weighted by molar-refractivity contribution is 5.85. The molecule has 146 valence electrons. The summed E-state index contributed by atoms with van der Waals surface area (Å²) < 4.78 is 10.3. The predicted octanol–water partition coefficient (Wildman–Crippen LogP) is 2.76. The summed E-state index contributed by atoms with van der Waals surface area (Å²) in [6.45, 7) is 0.497. The Morgan fingerprint density at radius 3 is 2.68 bits per heavy atom. The summed E-state index contributed by atoms with van der Waals surface area (Å²) >= 11 is 0. The molecule has 7 heteroatoms. The molecule has 0 unspecified atom stereocenters. The van der Waals surface area contributed by atoms with Crippen molar-refractivity contribution in [2.75, 3.05) is 20.2 Å². The maximum atomic E-state index is 11.9. The Labute approximate surface area is 163 Å². The lowest BCUT2D eigenvalue weighted by Gasteiger charge is -2.08. The van der Waals surface area contributed by atoms with Crippen LogP contribution >= 0.6 is 0 Å². The Hall–Kier alpha value is -3.48. The molecule has 0 fully saturated rings. The van der Waals surface area contributed by atoms with E-state index in [1.807, 2.05) is 54.7 Å². The number of hydrogen-bond donors (Lipinski definition) is 3. The van der Waals surface area contributed by atoms with Crippen molar-refractivity contribution in [2.24, 2.45) is 0 Å². The first-order chi connectivity index (χ1) is 13.7. The Morgan fingerprint density at radius 2 is 1.89 bits per heavy atom. The number of nitrogens with one attached hydrogen (secondary N) is 3. The van der Waals surface area contributed by atoms with Crippen LogP contribution in [-0.4, -0.2) is 37.2 Å². The van der Waals surface area contributed by atoms with Gasteiger partial charge in [0.15, 0.2) is 0 Å². The van der Waals surface area contributed by atoms with E-state index in [0.717, 1.165) is 27.8 Å². The van der Waals surface area contributed by atoms with Gasteiger partial charge in [-0.2, -0.15) is 0 Å². The summed E-state index contributed by atoms with van der Waals surface area (Å²) in [7, 11) is 1.63. The van der Waals surface area contributed by atoms with Crippen LogP contribution in [0.1, 0.15) is 11.1 Å². The van der Waals surface area contributed by atoms with Gasteiger partial charge < -0.3 is 25.1 Å². The predicted molar refractivity (Wildman–Crippen MR) is 106 cm³/mol. The smallest absolute Gasteiger partial charge is 0.407 e. The molecule has 2 aromatic carbocycles. The summed E-state index contributed by atoms with van der Waals surface area (Å²) in [4.78, 5) is 26.8. The molecule has 3 N–H and O–H groups in total. The van der Waals surface area contributed by atoms with E-state index in [0.29, 0.717) is 13.0 Å². The lowest BCUT2D eigenvalue weighted by Crippen LogP contribution is -2.37. The topological polar surface area (TPSA) is 92.5 Å². The third-order valence-corrected chi connectivity index (χ3v) is 4.30. The van der Waals surface area contributed by atoms with Crippen LogP contribution in [0.4, 0.5) is 4.79 Å². The number of aromatic nitrogens is 1. The fourth-order valence-corrected chi connectivity index (χ4v) is 2.82. The summed E-state index contributed by atoms with van der Waals surface area (Å²) in [5.41, 5.74) is 2.99. The molecule has 0 aliphatic heterocycles. The third-order valence-electron chi connectivity index (χ3n) is 4.30. The normalized spacial score (nSPS) is 10.5. The molecule has 2 amide bonds. The molecule has 0 radical (unpaired) electrons. The van der Waals surface area contributed by atoms with Crippen LogP contribution in [0.2, 0.25) is 0 Å². The highest BCUT2D eigenvalue weighted by Gasteiger charge is 2.08. The molecule has 0 saturated carbocycles. The van der Waals surface area contributed by atoms with Crippen molar-refractivity contribution in [1.29, 1.82) is 0 Å². The van der Waals surface area contributed by atoms with E-state index in [4.69, 9.17) is 9.47 Å². The Balaban J connectivity index is 1.38. The highest BCUT2D eigenvalue weighted by Crippen LogP contribution is 2.23. The van der Waals surface area contributed by atoms with E-state index in [9.17, 15) is 9.59 Å². The van der Waals surface area contributed by atoms with E-state index in [-0.39, 0.29) is 19.1 Å². The number of ether oxygens (including phenoxy) is 2. The first-order valence-corrected chi connectivity index (χ1v) is 9.01. The van der Waals surface area contributed by atoms with E-state index in [2.05, 4.69) is 15.6 Å². The summed E-state index contributed by atoms with van der Waals surface area (Å²) in [6.07, 6.45) is 1.97. The van der Waals surface area contributed by atoms with Crippen LogP contribution in [0.5, 0.6) is 5.75 Å². The van der Waals surface area contributed by atoms with Crippen molar-refractivity contribution in [3.05, 3.63) is 65.9 Å². The average molecular weight is 381 g/mol. The molecular formula is C21H23N3O4. The quantitative estimate of drug-likeness (QED) is 0.559. The number of aromatic amines is 1. The van der Waals surface area contributed by atoms with Gasteiger partial charge in [-0.25, -0.2) is 4.79 Å². The highest BCUT2D eigenvalue weighted by atomic mass is 16.5. The van der Waals surface area contributed by atoms with Crippen LogP contribution in [0.3, 0.4) is 0 Å². The number of rotatable bonds is 8. The second kappa shape index (κ2) is 9.45. The van der Waals surface area contributed by atoms with Crippen molar-refractivity contribution in [2.45, 2.75) is 13.0 Å². The molecule has 28 heavy (non-hydrogen) atoms. The Morgan fingerprint density at radius 1 is 1.07 bits per heavy atom. The van der Waals surface area contributed by atoms with Crippen LogP contribution in [0.25, 0.3) is 10.9 Å². The van der Waals surface area contributed by atoms with Crippen molar-refractivity contribution < 1.29 is 19.1 Å². The molecule has 0 aliphatic rings. The fraction of sp³-hybridized carbons (Fsp3) is 0.238. The molecular weight excluding hydrogens is 358 g/mol. The van der Waals surface area contributed by atoms with Gasteiger partial charge in [0.05, 0.1) is 13.7 Å². The lowest BCUT2D eigenvalue weighted by atomic mass is 10.1. The number of alkyl carbamates (subject to hydrolysis) is 1. The fourth-order valence-electron chi connectivity index (χ4n) is 2.82. The van der Waals surface area contributed by atoms with Crippen molar-refractivity contribution in [3.63, 3.8) is 0 Å². The van der Waals surface area contributed by atoms with Crippen molar-refractivity contribution in [1.82, 2.24) is 15.6 Å². The average Bonchev–Trinajstić information content (AvgIpc) is 3.13. The zero-order chi connectivity index (χ0) is 19.8. The molecule has 7 nitrogen and oxygen atoms in total. The van der Waals surface area contributed by atoms with Gasteiger partial charge in [0.2, 0.25) is 5.91 Å². The molecule has 0 bridgehead atoms. The van der Waals surface area contributed by atoms with Gasteiger partial charge in [0.1, 0.15) is 12.4 Å². The van der Waals surface area contributed by atoms with Crippen LogP contribution in [0.15, 0.2) is 54.7 Å². The van der Waals surface area contributed by atoms with Crippen molar-refractivity contribution >= 4 is 22.9 Å². The van der Waals surface area contributed by atoms with Crippen LogP contribution in [-0.2, 0) is 22.6 Å². The molecule has 0 spiro atoms. The lowest BCUT2D eigenvalue weighted by molar-refractivity contribution is -0.120. The maximum Gasteiger partial charge on any atom is 0.407 e. The van der Waals surface area contributed by atoms with Gasteiger partial charge in [-0.3, -0.25) is 4.79 Å². The number of benzene rings is 2. The molecule has 3 aromatic rings. The molecule has 0 atom stereocenters. The number of H-pyrrole nitrogens is 1. The van der Waals surface area contributed by atoms with Gasteiger partial charge >= 0.3 is 6.09 Å². The minimum atomic E-state index is -0.622. The Bertz CT molecular complexity index is 937. The maximum absolute atomic E-state index is 11.9. The second-order valence-electron chi connectivity index (χ2n) is 6.24. The zero-order valence-electron chi connectivity index (χ0n) is 15.7. The number of methoxy groups -OCH3 is 1. The molecule has 1 aromatic heterocycles. The summed E-state index contributed by atoms with van der Waals surface area (Å²) in [5.74, 6) is 0.518. The van der Waals surface area contributed by atoms with Gasteiger partial charge in [-0.1, -0.05) is 30.3 Å². The Kier molecular flexibility index (Phi) is 6.51. The first-order valence-electron chi connectivity index (χ1n) is 9.01. The zero-order valence-corrected chi connectivity index (χ0v) is 15.7. The van der Waals surface area contributed by atoms with Crippen LogP contribution in [0, 0.1) is 0 Å². The van der Waals surface area contributed by atoms with E-state index in [1.54, 1.807) is 7.11 Å².